The van der Waals surface area contributed by atoms with Crippen LogP contribution in [0.3, 0.4) is 0 Å². The summed E-state index contributed by atoms with van der Waals surface area (Å²) in [6.45, 7) is 11.4. The van der Waals surface area contributed by atoms with E-state index in [1.165, 1.54) is 58.2 Å². The Balaban J connectivity index is 2.00. The summed E-state index contributed by atoms with van der Waals surface area (Å²) in [5, 5.41) is 6.77. The van der Waals surface area contributed by atoms with E-state index in [0.29, 0.717) is 0 Å². The first-order valence-corrected chi connectivity index (χ1v) is 8.22. The molecule has 0 amide bonds. The van der Waals surface area contributed by atoms with E-state index in [4.69, 9.17) is 0 Å². The zero-order valence-electron chi connectivity index (χ0n) is 14.0. The number of nitrogens with one attached hydrogen (secondary N) is 2. The Kier molecular flexibility index (Phi) is 7.97. The summed E-state index contributed by atoms with van der Waals surface area (Å²) >= 11 is 0. The quantitative estimate of drug-likeness (QED) is 0.447. The van der Waals surface area contributed by atoms with Gasteiger partial charge in [0.1, 0.15) is 0 Å². The van der Waals surface area contributed by atoms with Crippen molar-refractivity contribution < 1.29 is 0 Å². The first-order valence-electron chi connectivity index (χ1n) is 8.22. The van der Waals surface area contributed by atoms with Crippen LogP contribution in [0.2, 0.25) is 0 Å². The molecule has 0 aromatic heterocycles. The number of hydrogen-bond donors (Lipinski definition) is 2. The highest BCUT2D eigenvalue weighted by atomic mass is 15.2. The molecule has 1 heterocycles. The Morgan fingerprint density at radius 2 is 1.75 bits per heavy atom. The summed E-state index contributed by atoms with van der Waals surface area (Å²) in [6.07, 6.45) is 8.08. The van der Waals surface area contributed by atoms with Crippen LogP contribution in [0.1, 0.15) is 59.3 Å². The minimum absolute atomic E-state index is 0.0656. The molecular formula is C16H34N4. The number of piperidine rings is 1. The molecule has 4 heteroatoms. The van der Waals surface area contributed by atoms with E-state index < -0.39 is 0 Å². The molecule has 20 heavy (non-hydrogen) atoms. The lowest BCUT2D eigenvalue weighted by atomic mass is 10.1. The predicted octanol–water partition coefficient (Wildman–Crippen LogP) is 2.61. The third-order valence-corrected chi connectivity index (χ3v) is 3.61. The van der Waals surface area contributed by atoms with Gasteiger partial charge in [-0.15, -0.1) is 0 Å². The highest BCUT2D eigenvalue weighted by Crippen LogP contribution is 2.09. The molecule has 0 bridgehead atoms. The number of guanidine groups is 1. The summed E-state index contributed by atoms with van der Waals surface area (Å²) in [5.74, 6) is 0.911. The van der Waals surface area contributed by atoms with Gasteiger partial charge in [-0.1, -0.05) is 12.8 Å². The molecule has 0 aromatic rings. The molecule has 0 aliphatic carbocycles. The van der Waals surface area contributed by atoms with Gasteiger partial charge >= 0.3 is 0 Å². The van der Waals surface area contributed by atoms with Crippen LogP contribution in [0, 0.1) is 0 Å². The van der Waals surface area contributed by atoms with Crippen molar-refractivity contribution in [2.75, 3.05) is 33.2 Å². The molecule has 0 spiro atoms. The number of likely N-dealkylation sites (tertiary alicyclic amines) is 1. The average Bonchev–Trinajstić information content (AvgIpc) is 2.41. The van der Waals surface area contributed by atoms with Crippen LogP contribution in [0.4, 0.5) is 0 Å². The van der Waals surface area contributed by atoms with Crippen molar-refractivity contribution in [1.82, 2.24) is 15.5 Å². The highest BCUT2D eigenvalue weighted by molar-refractivity contribution is 5.80. The Bertz CT molecular complexity index is 275. The number of aliphatic imine (C=N–C) groups is 1. The summed E-state index contributed by atoms with van der Waals surface area (Å²) in [6, 6.07) is 0. The third kappa shape index (κ3) is 8.41. The maximum Gasteiger partial charge on any atom is 0.191 e. The summed E-state index contributed by atoms with van der Waals surface area (Å²) in [7, 11) is 1.83. The minimum atomic E-state index is 0.0656. The van der Waals surface area contributed by atoms with Crippen LogP contribution in [0.15, 0.2) is 4.99 Å². The van der Waals surface area contributed by atoms with Crippen LogP contribution < -0.4 is 10.6 Å². The molecule has 0 saturated carbocycles. The van der Waals surface area contributed by atoms with Gasteiger partial charge in [-0.05, 0) is 66.1 Å². The molecule has 118 valence electrons. The fourth-order valence-corrected chi connectivity index (χ4v) is 2.56. The lowest BCUT2D eigenvalue weighted by Crippen LogP contribution is -2.47. The van der Waals surface area contributed by atoms with Gasteiger partial charge in [-0.25, -0.2) is 0 Å². The smallest absolute Gasteiger partial charge is 0.191 e. The summed E-state index contributed by atoms with van der Waals surface area (Å²) in [4.78, 5) is 6.87. The molecule has 0 unspecified atom stereocenters. The van der Waals surface area contributed by atoms with E-state index >= 15 is 0 Å². The van der Waals surface area contributed by atoms with E-state index in [1.54, 1.807) is 0 Å². The summed E-state index contributed by atoms with van der Waals surface area (Å²) < 4.78 is 0. The molecule has 2 N–H and O–H groups in total. The lowest BCUT2D eigenvalue weighted by Gasteiger charge is -2.26. The van der Waals surface area contributed by atoms with Gasteiger partial charge in [0.15, 0.2) is 5.96 Å². The van der Waals surface area contributed by atoms with Crippen molar-refractivity contribution in [3.8, 4) is 0 Å². The molecule has 0 aromatic carbocycles. The zero-order chi connectivity index (χ0) is 14.8. The van der Waals surface area contributed by atoms with Gasteiger partial charge in [-0.2, -0.15) is 0 Å². The number of hydrogen-bond acceptors (Lipinski definition) is 2. The van der Waals surface area contributed by atoms with Crippen LogP contribution in [-0.4, -0.2) is 49.6 Å². The van der Waals surface area contributed by atoms with E-state index in [9.17, 15) is 0 Å². The molecule has 1 saturated heterocycles. The SMILES string of the molecule is CN=C(NCCCCCN1CCCCC1)NC(C)(C)C. The largest absolute Gasteiger partial charge is 0.356 e. The minimum Gasteiger partial charge on any atom is -0.356 e. The molecule has 4 nitrogen and oxygen atoms in total. The van der Waals surface area contributed by atoms with Crippen molar-refractivity contribution in [2.24, 2.45) is 4.99 Å². The fourth-order valence-electron chi connectivity index (χ4n) is 2.56. The van der Waals surface area contributed by atoms with Gasteiger partial charge in [0.05, 0.1) is 0 Å². The van der Waals surface area contributed by atoms with Crippen LogP contribution in [-0.2, 0) is 0 Å². The van der Waals surface area contributed by atoms with Crippen molar-refractivity contribution in [3.05, 3.63) is 0 Å². The van der Waals surface area contributed by atoms with Crippen molar-refractivity contribution >= 4 is 5.96 Å². The van der Waals surface area contributed by atoms with Gasteiger partial charge in [0, 0.05) is 19.1 Å². The van der Waals surface area contributed by atoms with E-state index in [0.717, 1.165) is 12.5 Å². The van der Waals surface area contributed by atoms with Gasteiger partial charge in [0.25, 0.3) is 0 Å². The van der Waals surface area contributed by atoms with Gasteiger partial charge in [-0.3, -0.25) is 4.99 Å². The van der Waals surface area contributed by atoms with E-state index in [-0.39, 0.29) is 5.54 Å². The molecule has 0 atom stereocenters. The second kappa shape index (κ2) is 9.22. The van der Waals surface area contributed by atoms with E-state index in [1.807, 2.05) is 7.05 Å². The monoisotopic (exact) mass is 282 g/mol. The highest BCUT2D eigenvalue weighted by Gasteiger charge is 2.11. The predicted molar refractivity (Wildman–Crippen MR) is 88.4 cm³/mol. The maximum absolute atomic E-state index is 4.25. The van der Waals surface area contributed by atoms with Crippen LogP contribution >= 0.6 is 0 Å². The maximum atomic E-state index is 4.25. The third-order valence-electron chi connectivity index (χ3n) is 3.61. The standard InChI is InChI=1S/C16H34N4/c1-16(2,3)19-15(17-4)18-11-7-5-8-12-20-13-9-6-10-14-20/h5-14H2,1-4H3,(H2,17,18,19). The number of nitrogens with zero attached hydrogens (tertiary/aromatic N) is 2. The zero-order valence-corrected chi connectivity index (χ0v) is 14.0. The Morgan fingerprint density at radius 3 is 2.35 bits per heavy atom. The second-order valence-electron chi connectivity index (χ2n) is 6.84. The van der Waals surface area contributed by atoms with Crippen molar-refractivity contribution in [3.63, 3.8) is 0 Å². The van der Waals surface area contributed by atoms with Crippen LogP contribution in [0.25, 0.3) is 0 Å². The Labute approximate surface area is 125 Å². The van der Waals surface area contributed by atoms with Crippen LogP contribution in [0.5, 0.6) is 0 Å². The molecule has 1 fully saturated rings. The number of unbranched alkanes of at least 4 members (excludes halogenated alkanes) is 2. The normalized spacial score (nSPS) is 18.1. The van der Waals surface area contributed by atoms with E-state index in [2.05, 4.69) is 41.3 Å². The van der Waals surface area contributed by atoms with Gasteiger partial charge in [0.2, 0.25) is 0 Å². The average molecular weight is 282 g/mol. The number of rotatable bonds is 6. The first kappa shape index (κ1) is 17.3. The summed E-state index contributed by atoms with van der Waals surface area (Å²) in [5.41, 5.74) is 0.0656. The molecular weight excluding hydrogens is 248 g/mol. The Morgan fingerprint density at radius 1 is 1.05 bits per heavy atom. The van der Waals surface area contributed by atoms with Crippen molar-refractivity contribution in [1.29, 1.82) is 0 Å². The second-order valence-corrected chi connectivity index (χ2v) is 6.84. The first-order chi connectivity index (χ1) is 9.51. The van der Waals surface area contributed by atoms with Gasteiger partial charge < -0.3 is 15.5 Å². The molecule has 1 aliphatic rings. The topological polar surface area (TPSA) is 39.7 Å². The Hall–Kier alpha value is -0.770. The molecule has 0 radical (unpaired) electrons. The molecule has 1 rings (SSSR count). The molecule has 1 aliphatic heterocycles. The lowest BCUT2D eigenvalue weighted by molar-refractivity contribution is 0.224. The fraction of sp³-hybridized carbons (Fsp3) is 0.938. The van der Waals surface area contributed by atoms with Crippen molar-refractivity contribution in [2.45, 2.75) is 64.8 Å².